The zero-order chi connectivity index (χ0) is 22.6. The number of ether oxygens (including phenoxy) is 3. The van der Waals surface area contributed by atoms with Crippen molar-refractivity contribution in [3.8, 4) is 5.75 Å². The van der Waals surface area contributed by atoms with E-state index in [1.165, 1.54) is 0 Å². The first-order valence-corrected chi connectivity index (χ1v) is 9.87. The molecule has 31 heavy (non-hydrogen) atoms. The lowest BCUT2D eigenvalue weighted by Gasteiger charge is -2.30. The van der Waals surface area contributed by atoms with E-state index in [0.29, 0.717) is 17.0 Å². The zero-order valence-corrected chi connectivity index (χ0v) is 18.3. The number of carbonyl (C=O) groups is 2. The Hall–Kier alpha value is -3.45. The summed E-state index contributed by atoms with van der Waals surface area (Å²) in [6.07, 6.45) is 2.36. The van der Waals surface area contributed by atoms with Crippen molar-refractivity contribution in [3.05, 3.63) is 65.7 Å². The number of nitrogens with zero attached hydrogens (tertiary/aromatic N) is 2. The van der Waals surface area contributed by atoms with Crippen LogP contribution in [0.5, 0.6) is 5.75 Å². The second-order valence-corrected chi connectivity index (χ2v) is 6.57. The van der Waals surface area contributed by atoms with Crippen LogP contribution in [-0.2, 0) is 19.1 Å². The summed E-state index contributed by atoms with van der Waals surface area (Å²) >= 11 is 0. The first-order chi connectivity index (χ1) is 15.1. The van der Waals surface area contributed by atoms with Crippen molar-refractivity contribution in [1.82, 2.24) is 0 Å². The van der Waals surface area contributed by atoms with E-state index in [4.69, 9.17) is 9.47 Å². The summed E-state index contributed by atoms with van der Waals surface area (Å²) in [5.74, 6) is -0.256. The van der Waals surface area contributed by atoms with Gasteiger partial charge in [0.2, 0.25) is 0 Å². The van der Waals surface area contributed by atoms with Gasteiger partial charge >= 0.3 is 5.97 Å². The van der Waals surface area contributed by atoms with Crippen LogP contribution in [0.3, 0.4) is 0 Å². The average molecular weight is 424 g/mol. The molecule has 0 radical (unpaired) electrons. The Morgan fingerprint density at radius 3 is 2.26 bits per heavy atom. The number of benzene rings is 2. The summed E-state index contributed by atoms with van der Waals surface area (Å²) < 4.78 is 14.6. The Kier molecular flexibility index (Phi) is 9.45. The second-order valence-electron chi connectivity index (χ2n) is 6.57. The van der Waals surface area contributed by atoms with E-state index in [-0.39, 0.29) is 19.0 Å². The number of rotatable bonds is 7. The Morgan fingerprint density at radius 2 is 1.71 bits per heavy atom. The first kappa shape index (κ1) is 23.8. The van der Waals surface area contributed by atoms with Crippen LogP contribution in [0.1, 0.15) is 18.9 Å². The van der Waals surface area contributed by atoms with E-state index >= 15 is 0 Å². The maximum atomic E-state index is 12.2. The molecule has 0 amide bonds. The number of carbonyl (C=O) groups excluding carboxylic acids is 2. The predicted molar refractivity (Wildman–Crippen MR) is 121 cm³/mol. The van der Waals surface area contributed by atoms with Gasteiger partial charge in [0.1, 0.15) is 12.0 Å². The summed E-state index contributed by atoms with van der Waals surface area (Å²) in [7, 11) is 4.85. The molecule has 0 fully saturated rings. The third kappa shape index (κ3) is 6.26. The number of hydrazone groups is 1. The minimum absolute atomic E-state index is 0.00790. The minimum atomic E-state index is -0.596. The van der Waals surface area contributed by atoms with Gasteiger partial charge in [-0.3, -0.25) is 4.79 Å². The standard InChI is InChI=1S/C22H22N2O4.C2H6O/c1-3-28-21(26)13-20-17(15-25)14-23-24(18-7-5-4-6-8-18)22(20)16-9-11-19(27-2)12-10-16;1-3-2/h4-12,14-15,17H,3,13H2,1-2H3;1-2H3. The molecule has 2 aromatic carbocycles. The van der Waals surface area contributed by atoms with Crippen molar-refractivity contribution in [2.24, 2.45) is 11.0 Å². The summed E-state index contributed by atoms with van der Waals surface area (Å²) in [4.78, 5) is 24.0. The van der Waals surface area contributed by atoms with Crippen molar-refractivity contribution >= 4 is 29.9 Å². The monoisotopic (exact) mass is 424 g/mol. The van der Waals surface area contributed by atoms with Crippen LogP contribution in [0.15, 0.2) is 65.3 Å². The molecule has 0 saturated heterocycles. The fraction of sp³-hybridized carbons (Fsp3) is 0.292. The third-order valence-corrected chi connectivity index (χ3v) is 4.41. The van der Waals surface area contributed by atoms with Gasteiger partial charge < -0.3 is 19.0 Å². The Bertz CT molecular complexity index is 907. The minimum Gasteiger partial charge on any atom is -0.497 e. The maximum Gasteiger partial charge on any atom is 0.310 e. The van der Waals surface area contributed by atoms with Crippen LogP contribution < -0.4 is 9.75 Å². The molecule has 0 saturated carbocycles. The predicted octanol–water partition coefficient (Wildman–Crippen LogP) is 3.94. The van der Waals surface area contributed by atoms with Crippen LogP contribution >= 0.6 is 0 Å². The van der Waals surface area contributed by atoms with E-state index in [1.807, 2.05) is 54.6 Å². The molecular weight excluding hydrogens is 396 g/mol. The molecule has 7 heteroatoms. The number of hydrogen-bond donors (Lipinski definition) is 0. The van der Waals surface area contributed by atoms with Crippen molar-refractivity contribution in [3.63, 3.8) is 0 Å². The number of esters is 1. The van der Waals surface area contributed by atoms with Crippen molar-refractivity contribution in [1.29, 1.82) is 0 Å². The summed E-state index contributed by atoms with van der Waals surface area (Å²) in [6, 6.07) is 17.0. The Balaban J connectivity index is 0.00000107. The Morgan fingerprint density at radius 1 is 1.06 bits per heavy atom. The highest BCUT2D eigenvalue weighted by molar-refractivity contribution is 5.98. The quantitative estimate of drug-likeness (QED) is 0.495. The molecular formula is C24H28N2O5. The van der Waals surface area contributed by atoms with E-state index in [2.05, 4.69) is 9.84 Å². The van der Waals surface area contributed by atoms with Crippen LogP contribution in [0.25, 0.3) is 5.70 Å². The number of methoxy groups -OCH3 is 2. The number of hydrogen-bond acceptors (Lipinski definition) is 7. The highest BCUT2D eigenvalue weighted by Crippen LogP contribution is 2.36. The molecule has 3 rings (SSSR count). The maximum absolute atomic E-state index is 12.2. The molecule has 0 aliphatic carbocycles. The molecule has 1 unspecified atom stereocenters. The van der Waals surface area contributed by atoms with Crippen molar-refractivity contribution in [2.75, 3.05) is 32.9 Å². The fourth-order valence-electron chi connectivity index (χ4n) is 3.09. The molecule has 164 valence electrons. The largest absolute Gasteiger partial charge is 0.497 e. The Labute approximate surface area is 182 Å². The van der Waals surface area contributed by atoms with Crippen molar-refractivity contribution in [2.45, 2.75) is 13.3 Å². The summed E-state index contributed by atoms with van der Waals surface area (Å²) in [6.45, 7) is 2.04. The van der Waals surface area contributed by atoms with Gasteiger partial charge in [-0.25, -0.2) is 5.01 Å². The summed E-state index contributed by atoms with van der Waals surface area (Å²) in [5.41, 5.74) is 3.00. The lowest BCUT2D eigenvalue weighted by molar-refractivity contribution is -0.142. The average Bonchev–Trinajstić information content (AvgIpc) is 2.80. The number of anilines is 1. The van der Waals surface area contributed by atoms with E-state index in [9.17, 15) is 9.59 Å². The van der Waals surface area contributed by atoms with Gasteiger partial charge in [-0.15, -0.1) is 0 Å². The lowest BCUT2D eigenvalue weighted by atomic mass is 9.91. The lowest BCUT2D eigenvalue weighted by Crippen LogP contribution is -2.28. The molecule has 1 aliphatic heterocycles. The van der Waals surface area contributed by atoms with Gasteiger partial charge in [0, 0.05) is 26.0 Å². The highest BCUT2D eigenvalue weighted by atomic mass is 16.5. The normalized spacial score (nSPS) is 15.1. The topological polar surface area (TPSA) is 77.4 Å². The molecule has 7 nitrogen and oxygen atoms in total. The molecule has 1 atom stereocenters. The molecule has 0 aromatic heterocycles. The van der Waals surface area contributed by atoms with E-state index in [0.717, 1.165) is 17.5 Å². The third-order valence-electron chi connectivity index (χ3n) is 4.41. The van der Waals surface area contributed by atoms with Gasteiger partial charge in [0.05, 0.1) is 37.4 Å². The zero-order valence-electron chi connectivity index (χ0n) is 18.3. The van der Waals surface area contributed by atoms with Gasteiger partial charge in [-0.05, 0) is 48.9 Å². The van der Waals surface area contributed by atoms with Crippen LogP contribution in [0.4, 0.5) is 5.69 Å². The molecule has 1 aliphatic rings. The fourth-order valence-corrected chi connectivity index (χ4v) is 3.09. The SMILES string of the molecule is CCOC(=O)CC1=C(c2ccc(OC)cc2)N(c2ccccc2)N=CC1C=O.COC. The van der Waals surface area contributed by atoms with E-state index in [1.54, 1.807) is 39.5 Å². The molecule has 0 bridgehead atoms. The van der Waals surface area contributed by atoms with Gasteiger partial charge in [-0.2, -0.15) is 5.10 Å². The smallest absolute Gasteiger partial charge is 0.310 e. The van der Waals surface area contributed by atoms with E-state index < -0.39 is 5.92 Å². The molecule has 1 heterocycles. The van der Waals surface area contributed by atoms with Crippen molar-refractivity contribution < 1.29 is 23.8 Å². The first-order valence-electron chi connectivity index (χ1n) is 9.87. The van der Waals surface area contributed by atoms with Gasteiger partial charge in [0.25, 0.3) is 0 Å². The molecule has 0 N–H and O–H groups in total. The van der Waals surface area contributed by atoms with Crippen LogP contribution in [-0.4, -0.2) is 46.4 Å². The van der Waals surface area contributed by atoms with Crippen LogP contribution in [0, 0.1) is 5.92 Å². The highest BCUT2D eigenvalue weighted by Gasteiger charge is 2.29. The van der Waals surface area contributed by atoms with Crippen LogP contribution in [0.2, 0.25) is 0 Å². The van der Waals surface area contributed by atoms with Gasteiger partial charge in [-0.1, -0.05) is 18.2 Å². The summed E-state index contributed by atoms with van der Waals surface area (Å²) in [5, 5.41) is 6.24. The number of para-hydroxylation sites is 1. The molecule has 2 aromatic rings. The number of aldehydes is 1. The van der Waals surface area contributed by atoms with Gasteiger partial charge in [0.15, 0.2) is 0 Å². The molecule has 0 spiro atoms. The second kappa shape index (κ2) is 12.3.